The highest BCUT2D eigenvalue weighted by molar-refractivity contribution is 4.89. The predicted octanol–water partition coefficient (Wildman–Crippen LogP) is 1.90. The second-order valence-electron chi connectivity index (χ2n) is 8.22. The zero-order valence-electron chi connectivity index (χ0n) is 15.0. The molecule has 0 spiro atoms. The molecule has 0 aromatic carbocycles. The van der Waals surface area contributed by atoms with Gasteiger partial charge in [0, 0.05) is 44.8 Å². The van der Waals surface area contributed by atoms with Crippen molar-refractivity contribution >= 4 is 0 Å². The Morgan fingerprint density at radius 3 is 1.86 bits per heavy atom. The van der Waals surface area contributed by atoms with Gasteiger partial charge in [0.05, 0.1) is 12.2 Å². The monoisotopic (exact) mass is 309 g/mol. The fourth-order valence-corrected chi connectivity index (χ4v) is 4.40. The van der Waals surface area contributed by atoms with E-state index in [1.165, 1.54) is 32.5 Å². The normalized spacial score (nSPS) is 33.0. The number of rotatable bonds is 4. The summed E-state index contributed by atoms with van der Waals surface area (Å²) in [6, 6.07) is 1.37. The van der Waals surface area contributed by atoms with E-state index in [-0.39, 0.29) is 0 Å². The highest BCUT2D eigenvalue weighted by atomic mass is 16.5. The SMILES string of the molecule is CC(C)N1CCC(CN2CC3CN(C(C)C)CC(C2)O3)CC1. The van der Waals surface area contributed by atoms with E-state index in [0.29, 0.717) is 24.3 Å². The smallest absolute Gasteiger partial charge is 0.0833 e. The summed E-state index contributed by atoms with van der Waals surface area (Å²) >= 11 is 0. The average molecular weight is 309 g/mol. The van der Waals surface area contributed by atoms with Crippen LogP contribution in [-0.4, -0.2) is 84.8 Å². The molecule has 0 aliphatic carbocycles. The number of hydrogen-bond acceptors (Lipinski definition) is 4. The summed E-state index contributed by atoms with van der Waals surface area (Å²) in [6.07, 6.45) is 3.63. The maximum Gasteiger partial charge on any atom is 0.0833 e. The van der Waals surface area contributed by atoms with Crippen molar-refractivity contribution in [3.63, 3.8) is 0 Å². The number of ether oxygens (including phenoxy) is 1. The van der Waals surface area contributed by atoms with Crippen molar-refractivity contribution in [3.8, 4) is 0 Å². The van der Waals surface area contributed by atoms with Crippen LogP contribution in [-0.2, 0) is 4.74 Å². The highest BCUT2D eigenvalue weighted by Crippen LogP contribution is 2.24. The van der Waals surface area contributed by atoms with Gasteiger partial charge in [0.2, 0.25) is 0 Å². The third-order valence-corrected chi connectivity index (χ3v) is 5.81. The molecule has 0 N–H and O–H groups in total. The maximum atomic E-state index is 6.18. The zero-order chi connectivity index (χ0) is 15.7. The number of piperidine rings is 1. The molecule has 0 amide bonds. The number of fused-ring (bicyclic) bond motifs is 2. The molecule has 0 radical (unpaired) electrons. The highest BCUT2D eigenvalue weighted by Gasteiger charge is 2.36. The second-order valence-corrected chi connectivity index (χ2v) is 8.22. The van der Waals surface area contributed by atoms with Gasteiger partial charge in [-0.3, -0.25) is 9.80 Å². The molecule has 3 rings (SSSR count). The van der Waals surface area contributed by atoms with Crippen molar-refractivity contribution in [3.05, 3.63) is 0 Å². The molecule has 2 bridgehead atoms. The van der Waals surface area contributed by atoms with Crippen LogP contribution in [0, 0.1) is 5.92 Å². The van der Waals surface area contributed by atoms with E-state index in [2.05, 4.69) is 42.4 Å². The van der Waals surface area contributed by atoms with Crippen molar-refractivity contribution in [1.29, 1.82) is 0 Å². The van der Waals surface area contributed by atoms with Gasteiger partial charge in [0.25, 0.3) is 0 Å². The van der Waals surface area contributed by atoms with Gasteiger partial charge in [-0.25, -0.2) is 0 Å². The van der Waals surface area contributed by atoms with Crippen LogP contribution in [0.3, 0.4) is 0 Å². The minimum absolute atomic E-state index is 0.436. The van der Waals surface area contributed by atoms with E-state index >= 15 is 0 Å². The van der Waals surface area contributed by atoms with Gasteiger partial charge in [-0.1, -0.05) is 0 Å². The molecule has 4 heteroatoms. The topological polar surface area (TPSA) is 19.0 Å². The Bertz CT molecular complexity index is 338. The molecule has 0 saturated carbocycles. The van der Waals surface area contributed by atoms with E-state index in [4.69, 9.17) is 4.74 Å². The van der Waals surface area contributed by atoms with Crippen LogP contribution in [0.5, 0.6) is 0 Å². The van der Waals surface area contributed by atoms with E-state index in [9.17, 15) is 0 Å². The van der Waals surface area contributed by atoms with Crippen LogP contribution >= 0.6 is 0 Å². The molecule has 0 aromatic rings. The van der Waals surface area contributed by atoms with Crippen LogP contribution in [0.25, 0.3) is 0 Å². The van der Waals surface area contributed by atoms with E-state index in [0.717, 1.165) is 32.1 Å². The molecular formula is C18H35N3O. The van der Waals surface area contributed by atoms with Crippen LogP contribution in [0.1, 0.15) is 40.5 Å². The Labute approximate surface area is 136 Å². The largest absolute Gasteiger partial charge is 0.370 e. The van der Waals surface area contributed by atoms with Crippen molar-refractivity contribution in [2.75, 3.05) is 45.8 Å². The van der Waals surface area contributed by atoms with Crippen molar-refractivity contribution in [2.24, 2.45) is 5.92 Å². The molecule has 3 fully saturated rings. The average Bonchev–Trinajstić information content (AvgIpc) is 2.46. The Morgan fingerprint density at radius 1 is 0.818 bits per heavy atom. The zero-order valence-corrected chi connectivity index (χ0v) is 15.0. The third-order valence-electron chi connectivity index (χ3n) is 5.81. The summed E-state index contributed by atoms with van der Waals surface area (Å²) in [5.74, 6) is 0.898. The third kappa shape index (κ3) is 4.02. The Morgan fingerprint density at radius 2 is 1.36 bits per heavy atom. The summed E-state index contributed by atoms with van der Waals surface area (Å²) in [4.78, 5) is 7.93. The lowest BCUT2D eigenvalue weighted by atomic mass is 9.94. The van der Waals surface area contributed by atoms with Crippen molar-refractivity contribution < 1.29 is 4.74 Å². The molecule has 22 heavy (non-hydrogen) atoms. The van der Waals surface area contributed by atoms with Gasteiger partial charge in [0.15, 0.2) is 0 Å². The Balaban J connectivity index is 1.46. The van der Waals surface area contributed by atoms with Crippen LogP contribution in [0.2, 0.25) is 0 Å². The molecular weight excluding hydrogens is 274 g/mol. The van der Waals surface area contributed by atoms with E-state index in [1.807, 2.05) is 0 Å². The summed E-state index contributed by atoms with van der Waals surface area (Å²) in [5.41, 5.74) is 0. The first-order valence-electron chi connectivity index (χ1n) is 9.37. The molecule has 4 nitrogen and oxygen atoms in total. The van der Waals surface area contributed by atoms with E-state index in [1.54, 1.807) is 0 Å². The fourth-order valence-electron chi connectivity index (χ4n) is 4.40. The predicted molar refractivity (Wildman–Crippen MR) is 91.2 cm³/mol. The molecule has 3 aliphatic heterocycles. The number of nitrogens with zero attached hydrogens (tertiary/aromatic N) is 3. The molecule has 0 aromatic heterocycles. The lowest BCUT2D eigenvalue weighted by molar-refractivity contribution is -0.146. The summed E-state index contributed by atoms with van der Waals surface area (Å²) in [5, 5.41) is 0. The van der Waals surface area contributed by atoms with Gasteiger partial charge in [-0.05, 0) is 59.5 Å². The van der Waals surface area contributed by atoms with Crippen LogP contribution in [0.4, 0.5) is 0 Å². The quantitative estimate of drug-likeness (QED) is 0.789. The number of hydrogen-bond donors (Lipinski definition) is 0. The minimum atomic E-state index is 0.436. The first-order chi connectivity index (χ1) is 10.5. The van der Waals surface area contributed by atoms with Gasteiger partial charge < -0.3 is 9.64 Å². The van der Waals surface area contributed by atoms with E-state index < -0.39 is 0 Å². The second kappa shape index (κ2) is 7.16. The lowest BCUT2D eigenvalue weighted by Gasteiger charge is -2.48. The standard InChI is InChI=1S/C18H35N3O/c1-14(2)20-7-5-16(6-8-20)9-19-10-17-12-21(15(3)4)13-18(11-19)22-17/h14-18H,5-13H2,1-4H3. The van der Waals surface area contributed by atoms with Gasteiger partial charge in [0.1, 0.15) is 0 Å². The summed E-state index contributed by atoms with van der Waals surface area (Å²) in [6.45, 7) is 17.7. The van der Waals surface area contributed by atoms with Gasteiger partial charge in [-0.2, -0.15) is 0 Å². The van der Waals surface area contributed by atoms with Gasteiger partial charge >= 0.3 is 0 Å². The Hall–Kier alpha value is -0.160. The molecule has 2 atom stereocenters. The van der Waals surface area contributed by atoms with Gasteiger partial charge in [-0.15, -0.1) is 0 Å². The molecule has 3 saturated heterocycles. The molecule has 128 valence electrons. The molecule has 2 unspecified atom stereocenters. The lowest BCUT2D eigenvalue weighted by Crippen LogP contribution is -2.61. The minimum Gasteiger partial charge on any atom is -0.370 e. The fraction of sp³-hybridized carbons (Fsp3) is 1.00. The first kappa shape index (κ1) is 16.7. The Kier molecular flexibility index (Phi) is 5.43. The van der Waals surface area contributed by atoms with Crippen molar-refractivity contribution in [2.45, 2.75) is 64.8 Å². The summed E-state index contributed by atoms with van der Waals surface area (Å²) in [7, 11) is 0. The first-order valence-corrected chi connectivity index (χ1v) is 9.37. The maximum absolute atomic E-state index is 6.18. The number of likely N-dealkylation sites (tertiary alicyclic amines) is 1. The molecule has 3 heterocycles. The van der Waals surface area contributed by atoms with Crippen LogP contribution < -0.4 is 0 Å². The summed E-state index contributed by atoms with van der Waals surface area (Å²) < 4.78 is 6.18. The number of morpholine rings is 2. The van der Waals surface area contributed by atoms with Crippen molar-refractivity contribution in [1.82, 2.24) is 14.7 Å². The molecule has 3 aliphatic rings. The van der Waals surface area contributed by atoms with Crippen LogP contribution in [0.15, 0.2) is 0 Å².